The average Bonchev–Trinajstić information content (AvgIpc) is 2.55. The Kier molecular flexibility index (Phi) is 6.69. The molecule has 0 atom stereocenters. The topological polar surface area (TPSA) is 50.4 Å². The fourth-order valence-corrected chi connectivity index (χ4v) is 2.09. The van der Waals surface area contributed by atoms with E-state index in [2.05, 4.69) is 10.6 Å². The Morgan fingerprint density at radius 3 is 2.61 bits per heavy atom. The number of halogens is 2. The molecule has 0 radical (unpaired) electrons. The first kappa shape index (κ1) is 17.1. The SMILES string of the molecule is O=C(NCCCOc1ccccc1Cl)NCc1ccccc1F. The number of carbonyl (C=O) groups excluding carboxylic acids is 1. The van der Waals surface area contributed by atoms with Crippen LogP contribution in [0.15, 0.2) is 48.5 Å². The van der Waals surface area contributed by atoms with Crippen LogP contribution < -0.4 is 15.4 Å². The van der Waals surface area contributed by atoms with Crippen LogP contribution >= 0.6 is 11.6 Å². The summed E-state index contributed by atoms with van der Waals surface area (Å²) in [5.41, 5.74) is 0.449. The van der Waals surface area contributed by atoms with Crippen molar-refractivity contribution in [1.29, 1.82) is 0 Å². The highest BCUT2D eigenvalue weighted by Crippen LogP contribution is 2.22. The van der Waals surface area contributed by atoms with Gasteiger partial charge in [-0.1, -0.05) is 41.9 Å². The fourth-order valence-electron chi connectivity index (χ4n) is 1.90. The van der Waals surface area contributed by atoms with E-state index in [0.29, 0.717) is 35.9 Å². The van der Waals surface area contributed by atoms with Crippen LogP contribution in [0.25, 0.3) is 0 Å². The number of amides is 2. The summed E-state index contributed by atoms with van der Waals surface area (Å²) in [6.07, 6.45) is 0.637. The Morgan fingerprint density at radius 1 is 1.09 bits per heavy atom. The zero-order chi connectivity index (χ0) is 16.5. The lowest BCUT2D eigenvalue weighted by atomic mass is 10.2. The Hall–Kier alpha value is -2.27. The number of hydrogen-bond donors (Lipinski definition) is 2. The minimum atomic E-state index is -0.342. The molecule has 0 aromatic heterocycles. The second kappa shape index (κ2) is 9.00. The number of para-hydroxylation sites is 1. The maximum Gasteiger partial charge on any atom is 0.315 e. The van der Waals surface area contributed by atoms with E-state index < -0.39 is 0 Å². The third-order valence-corrected chi connectivity index (χ3v) is 3.41. The van der Waals surface area contributed by atoms with Gasteiger partial charge in [-0.3, -0.25) is 0 Å². The van der Waals surface area contributed by atoms with Gasteiger partial charge >= 0.3 is 6.03 Å². The predicted molar refractivity (Wildman–Crippen MR) is 88.2 cm³/mol. The van der Waals surface area contributed by atoms with E-state index in [9.17, 15) is 9.18 Å². The molecule has 2 aromatic carbocycles. The van der Waals surface area contributed by atoms with Crippen LogP contribution in [0.4, 0.5) is 9.18 Å². The van der Waals surface area contributed by atoms with Gasteiger partial charge in [0, 0.05) is 18.7 Å². The predicted octanol–water partition coefficient (Wildman–Crippen LogP) is 3.75. The van der Waals surface area contributed by atoms with Gasteiger partial charge in [-0.05, 0) is 24.6 Å². The van der Waals surface area contributed by atoms with Crippen LogP contribution in [0.5, 0.6) is 5.75 Å². The summed E-state index contributed by atoms with van der Waals surface area (Å²) < 4.78 is 18.9. The maximum absolute atomic E-state index is 13.4. The number of hydrogen-bond acceptors (Lipinski definition) is 2. The van der Waals surface area contributed by atoms with Gasteiger partial charge in [-0.15, -0.1) is 0 Å². The minimum Gasteiger partial charge on any atom is -0.492 e. The normalized spacial score (nSPS) is 10.2. The van der Waals surface area contributed by atoms with Crippen molar-refractivity contribution in [2.45, 2.75) is 13.0 Å². The smallest absolute Gasteiger partial charge is 0.315 e. The number of rotatable bonds is 7. The Bertz CT molecular complexity index is 652. The molecule has 0 spiro atoms. The summed E-state index contributed by atoms with van der Waals surface area (Å²) >= 11 is 5.96. The standard InChI is InChI=1S/C17H18ClFN2O2/c18-14-7-2-4-9-16(14)23-11-5-10-20-17(22)21-12-13-6-1-3-8-15(13)19/h1-4,6-9H,5,10-12H2,(H2,20,21,22). The molecular weight excluding hydrogens is 319 g/mol. The van der Waals surface area contributed by atoms with Crippen molar-refractivity contribution >= 4 is 17.6 Å². The van der Waals surface area contributed by atoms with Gasteiger partial charge in [0.25, 0.3) is 0 Å². The lowest BCUT2D eigenvalue weighted by molar-refractivity contribution is 0.238. The molecule has 2 amide bonds. The molecule has 2 rings (SSSR count). The molecule has 0 saturated heterocycles. The highest BCUT2D eigenvalue weighted by atomic mass is 35.5. The van der Waals surface area contributed by atoms with Crippen molar-refractivity contribution in [3.05, 3.63) is 64.9 Å². The van der Waals surface area contributed by atoms with E-state index in [1.807, 2.05) is 12.1 Å². The largest absolute Gasteiger partial charge is 0.492 e. The zero-order valence-corrected chi connectivity index (χ0v) is 13.3. The summed E-state index contributed by atoms with van der Waals surface area (Å²) in [5, 5.41) is 5.85. The third kappa shape index (κ3) is 5.79. The molecular formula is C17H18ClFN2O2. The van der Waals surface area contributed by atoms with Gasteiger partial charge in [0.1, 0.15) is 11.6 Å². The molecule has 0 bridgehead atoms. The molecule has 0 saturated carbocycles. The van der Waals surface area contributed by atoms with Crippen LogP contribution in [0.1, 0.15) is 12.0 Å². The van der Waals surface area contributed by atoms with E-state index in [1.54, 1.807) is 30.3 Å². The van der Waals surface area contributed by atoms with Crippen LogP contribution in [-0.4, -0.2) is 19.2 Å². The summed E-state index contributed by atoms with van der Waals surface area (Å²) in [6, 6.07) is 13.2. The first-order valence-corrected chi connectivity index (χ1v) is 7.67. The fraction of sp³-hybridized carbons (Fsp3) is 0.235. The van der Waals surface area contributed by atoms with E-state index in [0.717, 1.165) is 0 Å². The monoisotopic (exact) mass is 336 g/mol. The molecule has 6 heteroatoms. The number of urea groups is 1. The lowest BCUT2D eigenvalue weighted by Crippen LogP contribution is -2.36. The van der Waals surface area contributed by atoms with E-state index in [-0.39, 0.29) is 18.4 Å². The molecule has 0 fully saturated rings. The molecule has 0 aliphatic rings. The highest BCUT2D eigenvalue weighted by Gasteiger charge is 2.04. The molecule has 0 aliphatic heterocycles. The second-order valence-corrected chi connectivity index (χ2v) is 5.24. The Balaban J connectivity index is 1.60. The molecule has 23 heavy (non-hydrogen) atoms. The first-order valence-electron chi connectivity index (χ1n) is 7.29. The van der Waals surface area contributed by atoms with Gasteiger partial charge in [0.15, 0.2) is 0 Å². The van der Waals surface area contributed by atoms with Gasteiger partial charge in [-0.25, -0.2) is 9.18 Å². The number of nitrogens with one attached hydrogen (secondary N) is 2. The number of benzene rings is 2. The minimum absolute atomic E-state index is 0.147. The molecule has 0 aliphatic carbocycles. The quantitative estimate of drug-likeness (QED) is 0.757. The Morgan fingerprint density at radius 2 is 1.83 bits per heavy atom. The van der Waals surface area contributed by atoms with E-state index >= 15 is 0 Å². The maximum atomic E-state index is 13.4. The highest BCUT2D eigenvalue weighted by molar-refractivity contribution is 6.32. The summed E-state index contributed by atoms with van der Waals surface area (Å²) in [5.74, 6) is 0.291. The van der Waals surface area contributed by atoms with Crippen molar-refractivity contribution in [3.8, 4) is 5.75 Å². The first-order chi connectivity index (χ1) is 11.2. The van der Waals surface area contributed by atoms with Crippen LogP contribution in [0.3, 0.4) is 0 Å². The van der Waals surface area contributed by atoms with Crippen molar-refractivity contribution in [2.24, 2.45) is 0 Å². The van der Waals surface area contributed by atoms with Crippen molar-refractivity contribution < 1.29 is 13.9 Å². The van der Waals surface area contributed by atoms with Crippen LogP contribution in [0, 0.1) is 5.82 Å². The summed E-state index contributed by atoms with van der Waals surface area (Å²) in [4.78, 5) is 11.6. The van der Waals surface area contributed by atoms with Crippen molar-refractivity contribution in [1.82, 2.24) is 10.6 Å². The molecule has 0 unspecified atom stereocenters. The molecule has 122 valence electrons. The molecule has 2 aromatic rings. The average molecular weight is 337 g/mol. The van der Waals surface area contributed by atoms with Gasteiger partial charge in [-0.2, -0.15) is 0 Å². The summed E-state index contributed by atoms with van der Waals surface area (Å²) in [6.45, 7) is 1.04. The summed E-state index contributed by atoms with van der Waals surface area (Å²) in [7, 11) is 0. The number of ether oxygens (including phenoxy) is 1. The Labute approximate surface area is 139 Å². The van der Waals surface area contributed by atoms with Gasteiger partial charge < -0.3 is 15.4 Å². The van der Waals surface area contributed by atoms with Crippen molar-refractivity contribution in [2.75, 3.05) is 13.2 Å². The van der Waals surface area contributed by atoms with E-state index in [1.165, 1.54) is 6.07 Å². The van der Waals surface area contributed by atoms with Gasteiger partial charge in [0.2, 0.25) is 0 Å². The van der Waals surface area contributed by atoms with Crippen LogP contribution in [0.2, 0.25) is 5.02 Å². The van der Waals surface area contributed by atoms with Gasteiger partial charge in [0.05, 0.1) is 11.6 Å². The van der Waals surface area contributed by atoms with E-state index in [4.69, 9.17) is 16.3 Å². The molecule has 0 heterocycles. The lowest BCUT2D eigenvalue weighted by Gasteiger charge is -2.10. The molecule has 2 N–H and O–H groups in total. The van der Waals surface area contributed by atoms with Crippen molar-refractivity contribution in [3.63, 3.8) is 0 Å². The number of carbonyl (C=O) groups is 1. The zero-order valence-electron chi connectivity index (χ0n) is 12.5. The third-order valence-electron chi connectivity index (χ3n) is 3.10. The van der Waals surface area contributed by atoms with Crippen LogP contribution in [-0.2, 0) is 6.54 Å². The second-order valence-electron chi connectivity index (χ2n) is 4.83. The molecule has 4 nitrogen and oxygen atoms in total.